The standard InChI is InChI=1S/C15H20N2O2/c1-3-7-16-10-15-13(6-8-18-15)11-19-14-5-4-12(2)17-9-14/h4-6,8-9,16H,3,7,10-11H2,1-2H3. The molecule has 102 valence electrons. The van der Waals surface area contributed by atoms with Crippen LogP contribution in [-0.4, -0.2) is 11.5 Å². The molecule has 4 heteroatoms. The zero-order chi connectivity index (χ0) is 13.5. The van der Waals surface area contributed by atoms with Crippen LogP contribution in [0.25, 0.3) is 0 Å². The molecule has 0 fully saturated rings. The third-order valence-electron chi connectivity index (χ3n) is 2.83. The van der Waals surface area contributed by atoms with Crippen molar-refractivity contribution in [1.29, 1.82) is 0 Å². The molecule has 2 heterocycles. The van der Waals surface area contributed by atoms with Crippen molar-refractivity contribution in [2.45, 2.75) is 33.4 Å². The number of rotatable bonds is 7. The molecule has 0 bridgehead atoms. The smallest absolute Gasteiger partial charge is 0.138 e. The summed E-state index contributed by atoms with van der Waals surface area (Å²) in [7, 11) is 0. The van der Waals surface area contributed by atoms with E-state index < -0.39 is 0 Å². The molecule has 0 saturated heterocycles. The first-order chi connectivity index (χ1) is 9.29. The van der Waals surface area contributed by atoms with Crippen molar-refractivity contribution in [1.82, 2.24) is 10.3 Å². The van der Waals surface area contributed by atoms with E-state index in [0.717, 1.165) is 42.3 Å². The molecule has 0 spiro atoms. The molecule has 0 aliphatic heterocycles. The number of aryl methyl sites for hydroxylation is 1. The lowest BCUT2D eigenvalue weighted by molar-refractivity contribution is 0.300. The van der Waals surface area contributed by atoms with Crippen LogP contribution in [-0.2, 0) is 13.2 Å². The maximum Gasteiger partial charge on any atom is 0.138 e. The lowest BCUT2D eigenvalue weighted by Crippen LogP contribution is -2.14. The second kappa shape index (κ2) is 6.95. The Kier molecular flexibility index (Phi) is 4.98. The van der Waals surface area contributed by atoms with Gasteiger partial charge in [0.1, 0.15) is 18.1 Å². The van der Waals surface area contributed by atoms with Gasteiger partial charge in [0, 0.05) is 11.3 Å². The number of nitrogens with zero attached hydrogens (tertiary/aromatic N) is 1. The molecule has 0 amide bonds. The number of hydrogen-bond donors (Lipinski definition) is 1. The van der Waals surface area contributed by atoms with E-state index in [2.05, 4.69) is 17.2 Å². The summed E-state index contributed by atoms with van der Waals surface area (Å²) in [6.45, 7) is 6.33. The van der Waals surface area contributed by atoms with Gasteiger partial charge in [-0.1, -0.05) is 6.92 Å². The average Bonchev–Trinajstić information content (AvgIpc) is 2.86. The number of pyridine rings is 1. The van der Waals surface area contributed by atoms with Gasteiger partial charge in [-0.3, -0.25) is 4.98 Å². The second-order valence-corrected chi connectivity index (χ2v) is 4.47. The third kappa shape index (κ3) is 4.10. The van der Waals surface area contributed by atoms with Crippen LogP contribution in [0.5, 0.6) is 5.75 Å². The minimum Gasteiger partial charge on any atom is -0.487 e. The molecule has 1 N–H and O–H groups in total. The predicted molar refractivity (Wildman–Crippen MR) is 74.0 cm³/mol. The Balaban J connectivity index is 1.88. The maximum absolute atomic E-state index is 5.70. The van der Waals surface area contributed by atoms with Crippen molar-refractivity contribution < 1.29 is 9.15 Å². The third-order valence-corrected chi connectivity index (χ3v) is 2.83. The Hall–Kier alpha value is -1.81. The first kappa shape index (κ1) is 13.6. The van der Waals surface area contributed by atoms with Crippen LogP contribution in [0.15, 0.2) is 35.1 Å². The fraction of sp³-hybridized carbons (Fsp3) is 0.400. The fourth-order valence-corrected chi connectivity index (χ4v) is 1.73. The monoisotopic (exact) mass is 260 g/mol. The summed E-state index contributed by atoms with van der Waals surface area (Å²) in [6, 6.07) is 5.82. The van der Waals surface area contributed by atoms with Crippen LogP contribution < -0.4 is 10.1 Å². The summed E-state index contributed by atoms with van der Waals surface area (Å²) in [6.07, 6.45) is 4.56. The summed E-state index contributed by atoms with van der Waals surface area (Å²) < 4.78 is 11.2. The number of nitrogens with one attached hydrogen (secondary N) is 1. The van der Waals surface area contributed by atoms with Crippen molar-refractivity contribution >= 4 is 0 Å². The SMILES string of the molecule is CCCNCc1occc1COc1ccc(C)nc1. The molecular weight excluding hydrogens is 240 g/mol. The summed E-state index contributed by atoms with van der Waals surface area (Å²) >= 11 is 0. The minimum absolute atomic E-state index is 0.504. The van der Waals surface area contributed by atoms with Crippen LogP contribution >= 0.6 is 0 Å². The zero-order valence-corrected chi connectivity index (χ0v) is 11.5. The fourth-order valence-electron chi connectivity index (χ4n) is 1.73. The van der Waals surface area contributed by atoms with Gasteiger partial charge in [-0.15, -0.1) is 0 Å². The van der Waals surface area contributed by atoms with Crippen LogP contribution in [0, 0.1) is 6.92 Å². The first-order valence-electron chi connectivity index (χ1n) is 6.61. The van der Waals surface area contributed by atoms with Gasteiger partial charge in [0.05, 0.1) is 19.0 Å². The van der Waals surface area contributed by atoms with Crippen LogP contribution in [0.1, 0.15) is 30.4 Å². The van der Waals surface area contributed by atoms with E-state index in [0.29, 0.717) is 6.61 Å². The predicted octanol–water partition coefficient (Wildman–Crippen LogP) is 3.06. The average molecular weight is 260 g/mol. The highest BCUT2D eigenvalue weighted by atomic mass is 16.5. The highest BCUT2D eigenvalue weighted by molar-refractivity contribution is 5.21. The van der Waals surface area contributed by atoms with Crippen molar-refractivity contribution in [2.75, 3.05) is 6.54 Å². The van der Waals surface area contributed by atoms with E-state index in [-0.39, 0.29) is 0 Å². The van der Waals surface area contributed by atoms with E-state index in [1.54, 1.807) is 12.5 Å². The van der Waals surface area contributed by atoms with Gasteiger partial charge in [-0.05, 0) is 38.1 Å². The van der Waals surface area contributed by atoms with Gasteiger partial charge >= 0.3 is 0 Å². The molecule has 0 atom stereocenters. The second-order valence-electron chi connectivity index (χ2n) is 4.47. The molecule has 2 aromatic heterocycles. The van der Waals surface area contributed by atoms with E-state index in [1.807, 2.05) is 25.1 Å². The van der Waals surface area contributed by atoms with E-state index >= 15 is 0 Å². The van der Waals surface area contributed by atoms with E-state index in [9.17, 15) is 0 Å². The zero-order valence-electron chi connectivity index (χ0n) is 11.5. The molecule has 0 saturated carbocycles. The van der Waals surface area contributed by atoms with Crippen molar-refractivity contribution in [3.8, 4) is 5.75 Å². The first-order valence-corrected chi connectivity index (χ1v) is 6.61. The number of furan rings is 1. The van der Waals surface area contributed by atoms with E-state index in [4.69, 9.17) is 9.15 Å². The lowest BCUT2D eigenvalue weighted by Gasteiger charge is -2.07. The topological polar surface area (TPSA) is 47.3 Å². The van der Waals surface area contributed by atoms with Gasteiger partial charge in [0.15, 0.2) is 0 Å². The lowest BCUT2D eigenvalue weighted by atomic mass is 10.2. The number of aromatic nitrogens is 1. The maximum atomic E-state index is 5.70. The Morgan fingerprint density at radius 3 is 2.95 bits per heavy atom. The molecule has 2 aromatic rings. The van der Waals surface area contributed by atoms with Crippen molar-refractivity contribution in [3.63, 3.8) is 0 Å². The van der Waals surface area contributed by atoms with Crippen LogP contribution in [0.4, 0.5) is 0 Å². The molecule has 0 aromatic carbocycles. The normalized spacial score (nSPS) is 10.6. The molecule has 0 radical (unpaired) electrons. The molecule has 4 nitrogen and oxygen atoms in total. The molecule has 0 aliphatic rings. The Bertz CT molecular complexity index is 491. The Morgan fingerprint density at radius 2 is 2.21 bits per heavy atom. The largest absolute Gasteiger partial charge is 0.487 e. The van der Waals surface area contributed by atoms with Gasteiger partial charge < -0.3 is 14.5 Å². The number of hydrogen-bond acceptors (Lipinski definition) is 4. The summed E-state index contributed by atoms with van der Waals surface area (Å²) in [4.78, 5) is 4.20. The number of ether oxygens (including phenoxy) is 1. The van der Waals surface area contributed by atoms with Crippen molar-refractivity contribution in [3.05, 3.63) is 47.7 Å². The van der Waals surface area contributed by atoms with E-state index in [1.165, 1.54) is 0 Å². The van der Waals surface area contributed by atoms with Gasteiger partial charge in [-0.2, -0.15) is 0 Å². The van der Waals surface area contributed by atoms with Crippen molar-refractivity contribution in [2.24, 2.45) is 0 Å². The quantitative estimate of drug-likeness (QED) is 0.777. The molecule has 0 unspecified atom stereocenters. The summed E-state index contributed by atoms with van der Waals surface area (Å²) in [5, 5.41) is 3.32. The van der Waals surface area contributed by atoms with Gasteiger partial charge in [0.25, 0.3) is 0 Å². The summed E-state index contributed by atoms with van der Waals surface area (Å²) in [5.41, 5.74) is 2.06. The van der Waals surface area contributed by atoms with Crippen LogP contribution in [0.3, 0.4) is 0 Å². The molecule has 19 heavy (non-hydrogen) atoms. The summed E-state index contributed by atoms with van der Waals surface area (Å²) in [5.74, 6) is 1.72. The van der Waals surface area contributed by atoms with Gasteiger partial charge in [-0.25, -0.2) is 0 Å². The van der Waals surface area contributed by atoms with Crippen LogP contribution in [0.2, 0.25) is 0 Å². The Labute approximate surface area is 113 Å². The van der Waals surface area contributed by atoms with Gasteiger partial charge in [0.2, 0.25) is 0 Å². The highest BCUT2D eigenvalue weighted by Crippen LogP contribution is 2.15. The highest BCUT2D eigenvalue weighted by Gasteiger charge is 2.06. The molecule has 0 aliphatic carbocycles. The molecule has 2 rings (SSSR count). The minimum atomic E-state index is 0.504. The molecular formula is C15H20N2O2. The Morgan fingerprint density at radius 1 is 1.32 bits per heavy atom.